The van der Waals surface area contributed by atoms with Crippen LogP contribution in [0.25, 0.3) is 0 Å². The molecule has 0 fully saturated rings. The largest absolute Gasteiger partial charge is 0.496 e. The normalized spacial score (nSPS) is 18.9. The molecule has 0 bridgehead atoms. The van der Waals surface area contributed by atoms with Gasteiger partial charge in [-0.2, -0.15) is 0 Å². The van der Waals surface area contributed by atoms with Crippen molar-refractivity contribution in [2.45, 2.75) is 18.3 Å². The van der Waals surface area contributed by atoms with Crippen LogP contribution in [0.1, 0.15) is 16.7 Å². The van der Waals surface area contributed by atoms with Crippen LogP contribution in [0.4, 0.5) is 5.69 Å². The number of anilines is 1. The number of carbonyl (C=O) groups is 1. The van der Waals surface area contributed by atoms with Crippen LogP contribution in [-0.4, -0.2) is 20.1 Å². The molecule has 1 atom stereocenters. The highest BCUT2D eigenvalue weighted by Crippen LogP contribution is 2.44. The van der Waals surface area contributed by atoms with Gasteiger partial charge in [-0.05, 0) is 36.1 Å². The van der Waals surface area contributed by atoms with Crippen LogP contribution in [0.15, 0.2) is 78.9 Å². The Bertz CT molecular complexity index is 967. The maximum atomic E-state index is 13.8. The summed E-state index contributed by atoms with van der Waals surface area (Å²) in [6.45, 7) is 0. The van der Waals surface area contributed by atoms with Gasteiger partial charge in [0.1, 0.15) is 5.75 Å². The van der Waals surface area contributed by atoms with Crippen molar-refractivity contribution in [1.82, 2.24) is 0 Å². The summed E-state index contributed by atoms with van der Waals surface area (Å²) >= 11 is 0. The number of hydrogen-bond acceptors (Lipinski definition) is 2. The van der Waals surface area contributed by atoms with E-state index >= 15 is 0 Å². The van der Waals surface area contributed by atoms with E-state index in [-0.39, 0.29) is 5.91 Å². The molecule has 3 aromatic carbocycles. The highest BCUT2D eigenvalue weighted by atomic mass is 16.5. The predicted molar refractivity (Wildman–Crippen MR) is 108 cm³/mol. The molecule has 0 saturated heterocycles. The number of hydrogen-bond donors (Lipinski definition) is 0. The van der Waals surface area contributed by atoms with Crippen LogP contribution < -0.4 is 9.64 Å². The molecule has 0 radical (unpaired) electrons. The SMILES string of the molecule is COc1ccccc1C1(Cc2ccccc2)Cc2ccccc2N(C)C1=O. The molecule has 0 saturated carbocycles. The van der Waals surface area contributed by atoms with Crippen LogP contribution in [0.2, 0.25) is 0 Å². The summed E-state index contributed by atoms with van der Waals surface area (Å²) in [6, 6.07) is 26.3. The minimum absolute atomic E-state index is 0.106. The van der Waals surface area contributed by atoms with Gasteiger partial charge in [0.05, 0.1) is 12.5 Å². The molecule has 0 aliphatic carbocycles. The Balaban J connectivity index is 1.93. The maximum absolute atomic E-state index is 13.8. The molecule has 1 amide bonds. The van der Waals surface area contributed by atoms with Crippen molar-refractivity contribution in [2.24, 2.45) is 0 Å². The summed E-state index contributed by atoms with van der Waals surface area (Å²) in [4.78, 5) is 15.6. The number of benzene rings is 3. The zero-order chi connectivity index (χ0) is 18.9. The van der Waals surface area contributed by atoms with Crippen molar-refractivity contribution in [3.8, 4) is 5.75 Å². The second-order valence-electron chi connectivity index (χ2n) is 7.11. The summed E-state index contributed by atoms with van der Waals surface area (Å²) in [5.74, 6) is 0.865. The van der Waals surface area contributed by atoms with Gasteiger partial charge in [0.2, 0.25) is 5.91 Å². The molecule has 0 spiro atoms. The first-order valence-electron chi connectivity index (χ1n) is 9.19. The number of para-hydroxylation sites is 2. The van der Waals surface area contributed by atoms with Gasteiger partial charge in [0.15, 0.2) is 0 Å². The fourth-order valence-corrected chi connectivity index (χ4v) is 4.25. The van der Waals surface area contributed by atoms with Crippen LogP contribution >= 0.6 is 0 Å². The van der Waals surface area contributed by atoms with Crippen molar-refractivity contribution in [3.05, 3.63) is 95.6 Å². The monoisotopic (exact) mass is 357 g/mol. The Kier molecular flexibility index (Phi) is 4.44. The molecule has 1 unspecified atom stereocenters. The Morgan fingerprint density at radius 1 is 0.926 bits per heavy atom. The molecule has 4 rings (SSSR count). The van der Waals surface area contributed by atoms with Crippen LogP contribution in [-0.2, 0) is 23.1 Å². The lowest BCUT2D eigenvalue weighted by molar-refractivity contribution is -0.124. The van der Waals surface area contributed by atoms with E-state index in [4.69, 9.17) is 4.74 Å². The summed E-state index contributed by atoms with van der Waals surface area (Å²) in [6.07, 6.45) is 1.29. The molecule has 0 aromatic heterocycles. The molecule has 1 heterocycles. The van der Waals surface area contributed by atoms with Crippen LogP contribution in [0.3, 0.4) is 0 Å². The Morgan fingerprint density at radius 3 is 2.37 bits per heavy atom. The third-order valence-electron chi connectivity index (χ3n) is 5.53. The molecule has 1 aliphatic rings. The molecule has 3 aromatic rings. The summed E-state index contributed by atoms with van der Waals surface area (Å²) < 4.78 is 5.66. The molecule has 1 aliphatic heterocycles. The Labute approximate surface area is 160 Å². The molecule has 3 nitrogen and oxygen atoms in total. The first-order valence-corrected chi connectivity index (χ1v) is 9.19. The van der Waals surface area contributed by atoms with Gasteiger partial charge in [-0.25, -0.2) is 0 Å². The molecule has 27 heavy (non-hydrogen) atoms. The van der Waals surface area contributed by atoms with Gasteiger partial charge in [-0.1, -0.05) is 66.7 Å². The van der Waals surface area contributed by atoms with Gasteiger partial charge >= 0.3 is 0 Å². The second kappa shape index (κ2) is 6.92. The molecular weight excluding hydrogens is 334 g/mol. The maximum Gasteiger partial charge on any atom is 0.238 e. The third kappa shape index (κ3) is 2.89. The van der Waals surface area contributed by atoms with E-state index in [1.54, 1.807) is 12.0 Å². The average molecular weight is 357 g/mol. The Hall–Kier alpha value is -3.07. The lowest BCUT2D eigenvalue weighted by atomic mass is 9.68. The number of nitrogens with zero attached hydrogens (tertiary/aromatic N) is 1. The first-order chi connectivity index (χ1) is 13.2. The number of ether oxygens (including phenoxy) is 1. The molecule has 0 N–H and O–H groups in total. The summed E-state index contributed by atoms with van der Waals surface area (Å²) in [5, 5.41) is 0. The zero-order valence-corrected chi connectivity index (χ0v) is 15.7. The van der Waals surface area contributed by atoms with Crippen LogP contribution in [0.5, 0.6) is 5.75 Å². The number of likely N-dealkylation sites (N-methyl/N-ethyl adjacent to an activating group) is 1. The van der Waals surface area contributed by atoms with E-state index in [1.165, 1.54) is 5.56 Å². The van der Waals surface area contributed by atoms with Crippen molar-refractivity contribution in [3.63, 3.8) is 0 Å². The highest BCUT2D eigenvalue weighted by Gasteiger charge is 2.47. The molecule has 136 valence electrons. The standard InChI is InChI=1S/C24H23NO2/c1-25-21-14-8-6-12-19(21)17-24(23(25)26,16-18-10-4-3-5-11-18)20-13-7-9-15-22(20)27-2/h3-15H,16-17H2,1-2H3. The zero-order valence-electron chi connectivity index (χ0n) is 15.7. The fraction of sp³-hybridized carbons (Fsp3) is 0.208. The Morgan fingerprint density at radius 2 is 1.59 bits per heavy atom. The molecular formula is C24H23NO2. The number of rotatable bonds is 4. The number of methoxy groups -OCH3 is 1. The van der Waals surface area contributed by atoms with E-state index in [9.17, 15) is 4.79 Å². The topological polar surface area (TPSA) is 29.5 Å². The highest BCUT2D eigenvalue weighted by molar-refractivity contribution is 6.04. The van der Waals surface area contributed by atoms with Gasteiger partial charge in [0.25, 0.3) is 0 Å². The summed E-state index contributed by atoms with van der Waals surface area (Å²) in [7, 11) is 3.54. The van der Waals surface area contributed by atoms with Gasteiger partial charge in [0, 0.05) is 18.3 Å². The van der Waals surface area contributed by atoms with Crippen LogP contribution in [0, 0.1) is 0 Å². The second-order valence-corrected chi connectivity index (χ2v) is 7.11. The van der Waals surface area contributed by atoms with E-state index in [1.807, 2.05) is 67.7 Å². The quantitative estimate of drug-likeness (QED) is 0.693. The van der Waals surface area contributed by atoms with Crippen molar-refractivity contribution in [1.29, 1.82) is 0 Å². The molecule has 3 heteroatoms. The average Bonchev–Trinajstić information content (AvgIpc) is 2.72. The van der Waals surface area contributed by atoms with E-state index in [0.717, 1.165) is 22.6 Å². The van der Waals surface area contributed by atoms with Gasteiger partial charge < -0.3 is 9.64 Å². The fourth-order valence-electron chi connectivity index (χ4n) is 4.25. The van der Waals surface area contributed by atoms with Crippen molar-refractivity contribution < 1.29 is 9.53 Å². The van der Waals surface area contributed by atoms with Crippen molar-refractivity contribution >= 4 is 11.6 Å². The first kappa shape index (κ1) is 17.3. The van der Waals surface area contributed by atoms with E-state index in [0.29, 0.717) is 12.8 Å². The lowest BCUT2D eigenvalue weighted by Gasteiger charge is -2.42. The minimum Gasteiger partial charge on any atom is -0.496 e. The van der Waals surface area contributed by atoms with Gasteiger partial charge in [-0.3, -0.25) is 4.79 Å². The predicted octanol–water partition coefficient (Wildman–Crippen LogP) is 4.39. The van der Waals surface area contributed by atoms with E-state index < -0.39 is 5.41 Å². The van der Waals surface area contributed by atoms with Crippen molar-refractivity contribution in [2.75, 3.05) is 19.1 Å². The summed E-state index contributed by atoms with van der Waals surface area (Å²) in [5.41, 5.74) is 3.56. The van der Waals surface area contributed by atoms with E-state index in [2.05, 4.69) is 18.2 Å². The number of carbonyl (C=O) groups excluding carboxylic acids is 1. The lowest BCUT2D eigenvalue weighted by Crippen LogP contribution is -2.52. The minimum atomic E-state index is -0.697. The smallest absolute Gasteiger partial charge is 0.238 e. The number of fused-ring (bicyclic) bond motifs is 1. The number of amides is 1. The third-order valence-corrected chi connectivity index (χ3v) is 5.53. The van der Waals surface area contributed by atoms with Gasteiger partial charge in [-0.15, -0.1) is 0 Å².